The molecular weight excluding hydrogens is 280 g/mol. The molecule has 0 saturated carbocycles. The van der Waals surface area contributed by atoms with E-state index in [2.05, 4.69) is 36.7 Å². The smallest absolute Gasteiger partial charge is 0.119 e. The van der Waals surface area contributed by atoms with Crippen molar-refractivity contribution in [2.45, 2.75) is 27.2 Å². The minimum Gasteiger partial charge on any atom is -0.497 e. The van der Waals surface area contributed by atoms with Crippen LogP contribution in [-0.4, -0.2) is 18.8 Å². The maximum atomic E-state index is 9.49. The van der Waals surface area contributed by atoms with Crippen molar-refractivity contribution in [3.8, 4) is 5.75 Å². The minimum atomic E-state index is 0.0945. The zero-order valence-corrected chi connectivity index (χ0v) is 12.5. The molecule has 1 unspecified atom stereocenters. The molecule has 1 aromatic carbocycles. The van der Waals surface area contributed by atoms with Gasteiger partial charge in [0, 0.05) is 11.1 Å². The number of hydrogen-bond donors (Lipinski definition) is 1. The molecule has 1 atom stereocenters. The Kier molecular flexibility index (Phi) is 5.02. The zero-order chi connectivity index (χ0) is 13.1. The van der Waals surface area contributed by atoms with Crippen LogP contribution in [0.3, 0.4) is 0 Å². The van der Waals surface area contributed by atoms with Gasteiger partial charge in [0.15, 0.2) is 0 Å². The van der Waals surface area contributed by atoms with Crippen LogP contribution in [0, 0.1) is 11.3 Å². The predicted octanol–water partition coefficient (Wildman–Crippen LogP) is 3.65. The molecule has 0 saturated heterocycles. The number of rotatable bonds is 4. The molecule has 0 aromatic heterocycles. The summed E-state index contributed by atoms with van der Waals surface area (Å²) in [7, 11) is 1.67. The first-order valence-corrected chi connectivity index (χ1v) is 6.61. The maximum absolute atomic E-state index is 9.49. The summed E-state index contributed by atoms with van der Waals surface area (Å²) in [5, 5.41) is 9.49. The molecule has 0 radical (unpaired) electrons. The number of hydrogen-bond acceptors (Lipinski definition) is 2. The summed E-state index contributed by atoms with van der Waals surface area (Å²) in [6.45, 7) is 6.67. The molecule has 1 aromatic rings. The van der Waals surface area contributed by atoms with Crippen LogP contribution in [0.4, 0.5) is 0 Å². The van der Waals surface area contributed by atoms with Crippen molar-refractivity contribution in [1.29, 1.82) is 0 Å². The van der Waals surface area contributed by atoms with Gasteiger partial charge in [-0.1, -0.05) is 36.7 Å². The van der Waals surface area contributed by atoms with Gasteiger partial charge >= 0.3 is 0 Å². The molecule has 0 heterocycles. The van der Waals surface area contributed by atoms with E-state index in [1.165, 1.54) is 5.56 Å². The van der Waals surface area contributed by atoms with Gasteiger partial charge in [-0.05, 0) is 41.5 Å². The molecule has 0 bridgehead atoms. The zero-order valence-electron chi connectivity index (χ0n) is 11.0. The third-order valence-electron chi connectivity index (χ3n) is 3.16. The lowest BCUT2D eigenvalue weighted by Gasteiger charge is -2.29. The number of aliphatic hydroxyl groups is 1. The molecule has 0 aliphatic heterocycles. The Hall–Kier alpha value is -0.540. The van der Waals surface area contributed by atoms with E-state index in [9.17, 15) is 5.11 Å². The molecule has 1 N–H and O–H groups in total. The number of ether oxygens (including phenoxy) is 1. The summed E-state index contributed by atoms with van der Waals surface area (Å²) in [5.74, 6) is 1.10. The third-order valence-corrected chi connectivity index (χ3v) is 3.94. The Morgan fingerprint density at radius 1 is 1.35 bits per heavy atom. The average Bonchev–Trinajstić information content (AvgIpc) is 2.26. The van der Waals surface area contributed by atoms with E-state index >= 15 is 0 Å². The molecule has 17 heavy (non-hydrogen) atoms. The lowest BCUT2D eigenvalue weighted by Crippen LogP contribution is -2.26. The molecule has 0 fully saturated rings. The van der Waals surface area contributed by atoms with E-state index in [0.29, 0.717) is 0 Å². The van der Waals surface area contributed by atoms with E-state index in [-0.39, 0.29) is 17.9 Å². The second-order valence-electron chi connectivity index (χ2n) is 5.41. The number of methoxy groups -OCH3 is 1. The first-order valence-electron chi connectivity index (χ1n) is 5.81. The monoisotopic (exact) mass is 300 g/mol. The summed E-state index contributed by atoms with van der Waals surface area (Å²) in [6.07, 6.45) is 0.845. The molecule has 96 valence electrons. The molecule has 0 aliphatic rings. The summed E-state index contributed by atoms with van der Waals surface area (Å²) in [4.78, 5) is 0. The molecular formula is C14H21BrO2. The van der Waals surface area contributed by atoms with Gasteiger partial charge in [0.25, 0.3) is 0 Å². The van der Waals surface area contributed by atoms with Crippen LogP contribution in [0.5, 0.6) is 5.75 Å². The molecule has 0 aliphatic carbocycles. The largest absolute Gasteiger partial charge is 0.497 e. The Morgan fingerprint density at radius 3 is 2.47 bits per heavy atom. The number of benzene rings is 1. The topological polar surface area (TPSA) is 29.5 Å². The van der Waals surface area contributed by atoms with E-state index < -0.39 is 0 Å². The van der Waals surface area contributed by atoms with Crippen molar-refractivity contribution in [1.82, 2.24) is 0 Å². The van der Waals surface area contributed by atoms with Gasteiger partial charge in [-0.15, -0.1) is 0 Å². The van der Waals surface area contributed by atoms with Gasteiger partial charge < -0.3 is 9.84 Å². The highest BCUT2D eigenvalue weighted by Crippen LogP contribution is 2.32. The molecule has 1 rings (SSSR count). The first-order chi connectivity index (χ1) is 7.88. The van der Waals surface area contributed by atoms with Crippen molar-refractivity contribution in [2.24, 2.45) is 11.3 Å². The normalized spacial score (nSPS) is 13.5. The molecule has 3 heteroatoms. The van der Waals surface area contributed by atoms with Crippen molar-refractivity contribution in [2.75, 3.05) is 13.7 Å². The molecule has 0 spiro atoms. The Labute approximate surface area is 112 Å². The minimum absolute atomic E-state index is 0.0945. The van der Waals surface area contributed by atoms with Gasteiger partial charge in [0.2, 0.25) is 0 Å². The van der Waals surface area contributed by atoms with E-state index in [4.69, 9.17) is 4.74 Å². The van der Waals surface area contributed by atoms with Gasteiger partial charge in [0.05, 0.1) is 7.11 Å². The first kappa shape index (κ1) is 14.5. The van der Waals surface area contributed by atoms with Crippen LogP contribution in [0.2, 0.25) is 0 Å². The van der Waals surface area contributed by atoms with Crippen molar-refractivity contribution in [3.05, 3.63) is 28.2 Å². The summed E-state index contributed by atoms with van der Waals surface area (Å²) >= 11 is 3.55. The number of aliphatic hydroxyl groups excluding tert-OH is 1. The van der Waals surface area contributed by atoms with Crippen LogP contribution in [0.25, 0.3) is 0 Å². The fourth-order valence-corrected chi connectivity index (χ4v) is 2.15. The lowest BCUT2D eigenvalue weighted by molar-refractivity contribution is 0.131. The summed E-state index contributed by atoms with van der Waals surface area (Å²) in [6, 6.07) is 5.95. The Balaban J connectivity index is 2.93. The summed E-state index contributed by atoms with van der Waals surface area (Å²) < 4.78 is 6.30. The van der Waals surface area contributed by atoms with E-state index in [0.717, 1.165) is 16.6 Å². The molecule has 0 amide bonds. The third kappa shape index (κ3) is 4.00. The van der Waals surface area contributed by atoms with Gasteiger partial charge in [0.1, 0.15) is 5.75 Å². The highest BCUT2D eigenvalue weighted by molar-refractivity contribution is 9.10. The Morgan fingerprint density at radius 2 is 2.00 bits per heavy atom. The van der Waals surface area contributed by atoms with Crippen LogP contribution >= 0.6 is 15.9 Å². The average molecular weight is 301 g/mol. The fourth-order valence-electron chi connectivity index (χ4n) is 1.74. The molecule has 2 nitrogen and oxygen atoms in total. The van der Waals surface area contributed by atoms with Crippen LogP contribution in [0.1, 0.15) is 26.3 Å². The maximum Gasteiger partial charge on any atom is 0.119 e. The summed E-state index contributed by atoms with van der Waals surface area (Å²) in [5.41, 5.74) is 1.27. The lowest BCUT2D eigenvalue weighted by atomic mass is 9.78. The van der Waals surface area contributed by atoms with Crippen molar-refractivity contribution in [3.63, 3.8) is 0 Å². The van der Waals surface area contributed by atoms with E-state index in [1.54, 1.807) is 7.11 Å². The van der Waals surface area contributed by atoms with Crippen LogP contribution in [0.15, 0.2) is 22.7 Å². The van der Waals surface area contributed by atoms with Gasteiger partial charge in [-0.3, -0.25) is 0 Å². The van der Waals surface area contributed by atoms with Crippen molar-refractivity contribution >= 4 is 15.9 Å². The Bertz CT molecular complexity index is 369. The highest BCUT2D eigenvalue weighted by Gasteiger charge is 2.24. The highest BCUT2D eigenvalue weighted by atomic mass is 79.9. The predicted molar refractivity (Wildman–Crippen MR) is 74.4 cm³/mol. The van der Waals surface area contributed by atoms with Crippen LogP contribution < -0.4 is 4.74 Å². The second kappa shape index (κ2) is 5.87. The van der Waals surface area contributed by atoms with Crippen LogP contribution in [-0.2, 0) is 6.42 Å². The fraction of sp³-hybridized carbons (Fsp3) is 0.571. The number of halogens is 1. The quantitative estimate of drug-likeness (QED) is 0.919. The van der Waals surface area contributed by atoms with Gasteiger partial charge in [-0.2, -0.15) is 0 Å². The SMILES string of the molecule is COc1ccc(Br)c(CC(CO)C(C)(C)C)c1. The van der Waals surface area contributed by atoms with Gasteiger partial charge in [-0.25, -0.2) is 0 Å². The van der Waals surface area contributed by atoms with Crippen molar-refractivity contribution < 1.29 is 9.84 Å². The second-order valence-corrected chi connectivity index (χ2v) is 6.26. The van der Waals surface area contributed by atoms with E-state index in [1.807, 2.05) is 18.2 Å². The standard InChI is InChI=1S/C14H21BrO2/c1-14(2,3)11(9-16)7-10-8-12(17-4)5-6-13(10)15/h5-6,8,11,16H,7,9H2,1-4H3.